The second-order valence-electron chi connectivity index (χ2n) is 6.57. The number of carbonyl (C=O) groups is 1. The second kappa shape index (κ2) is 5.95. The van der Waals surface area contributed by atoms with Crippen molar-refractivity contribution in [1.29, 1.82) is 0 Å². The largest absolute Gasteiger partial charge is 0.349 e. The van der Waals surface area contributed by atoms with Gasteiger partial charge < -0.3 is 11.1 Å². The number of benzene rings is 1. The van der Waals surface area contributed by atoms with Gasteiger partial charge in [0.25, 0.3) is 0 Å². The third-order valence-electron chi connectivity index (χ3n) is 5.35. The molecular weight excluding hydrogens is 286 g/mol. The minimum atomic E-state index is -0.621. The van der Waals surface area contributed by atoms with Gasteiger partial charge in [-0.2, -0.15) is 0 Å². The van der Waals surface area contributed by atoms with Gasteiger partial charge in [-0.1, -0.05) is 13.0 Å². The van der Waals surface area contributed by atoms with E-state index in [0.29, 0.717) is 23.8 Å². The Balaban J connectivity index is 1.74. The molecule has 5 unspecified atom stereocenters. The van der Waals surface area contributed by atoms with Crippen LogP contribution < -0.4 is 11.1 Å². The summed E-state index contributed by atoms with van der Waals surface area (Å²) in [4.78, 5) is 12.6. The van der Waals surface area contributed by atoms with Crippen LogP contribution in [-0.2, 0) is 4.79 Å². The number of nitrogens with two attached hydrogens (primary N) is 1. The fourth-order valence-electron chi connectivity index (χ4n) is 4.18. The van der Waals surface area contributed by atoms with Crippen molar-refractivity contribution in [1.82, 2.24) is 5.32 Å². The third kappa shape index (κ3) is 2.62. The van der Waals surface area contributed by atoms with Gasteiger partial charge in [-0.25, -0.2) is 8.78 Å². The first-order valence-corrected chi connectivity index (χ1v) is 8.02. The Morgan fingerprint density at radius 1 is 1.36 bits per heavy atom. The van der Waals surface area contributed by atoms with Crippen molar-refractivity contribution in [3.8, 4) is 0 Å². The van der Waals surface area contributed by atoms with Gasteiger partial charge in [0.2, 0.25) is 5.91 Å². The SMILES string of the molecule is CCC(NC(=O)C1C2CCC(C2)C1N)c1ccc(F)cc1F. The van der Waals surface area contributed by atoms with Crippen LogP contribution in [0.15, 0.2) is 18.2 Å². The Labute approximate surface area is 129 Å². The van der Waals surface area contributed by atoms with Crippen molar-refractivity contribution in [3.05, 3.63) is 35.4 Å². The summed E-state index contributed by atoms with van der Waals surface area (Å²) in [5.41, 5.74) is 6.51. The molecular formula is C17H22F2N2O. The smallest absolute Gasteiger partial charge is 0.225 e. The predicted octanol–water partition coefficient (Wildman–Crippen LogP) is 2.91. The number of fused-ring (bicyclic) bond motifs is 2. The summed E-state index contributed by atoms with van der Waals surface area (Å²) >= 11 is 0. The molecule has 5 heteroatoms. The standard InChI is InChI=1S/C17H22F2N2O/c1-2-14(12-6-5-11(18)8-13(12)19)21-17(22)15-9-3-4-10(7-9)16(15)20/h5-6,8-10,14-16H,2-4,7,20H2,1H3,(H,21,22). The Hall–Kier alpha value is -1.49. The molecule has 0 spiro atoms. The lowest BCUT2D eigenvalue weighted by Gasteiger charge is -2.29. The monoisotopic (exact) mass is 308 g/mol. The van der Waals surface area contributed by atoms with E-state index in [1.165, 1.54) is 12.1 Å². The van der Waals surface area contributed by atoms with E-state index < -0.39 is 17.7 Å². The Kier molecular flexibility index (Phi) is 4.17. The molecule has 22 heavy (non-hydrogen) atoms. The summed E-state index contributed by atoms with van der Waals surface area (Å²) in [6.45, 7) is 1.87. The fourth-order valence-corrected chi connectivity index (χ4v) is 4.18. The third-order valence-corrected chi connectivity index (χ3v) is 5.35. The lowest BCUT2D eigenvalue weighted by Crippen LogP contribution is -2.46. The van der Waals surface area contributed by atoms with E-state index in [1.807, 2.05) is 6.92 Å². The van der Waals surface area contributed by atoms with E-state index in [1.54, 1.807) is 0 Å². The van der Waals surface area contributed by atoms with E-state index in [0.717, 1.165) is 25.3 Å². The van der Waals surface area contributed by atoms with Crippen molar-refractivity contribution < 1.29 is 13.6 Å². The first kappa shape index (κ1) is 15.4. The first-order valence-electron chi connectivity index (χ1n) is 8.02. The van der Waals surface area contributed by atoms with Gasteiger partial charge in [0.1, 0.15) is 11.6 Å². The zero-order valence-corrected chi connectivity index (χ0v) is 12.7. The topological polar surface area (TPSA) is 55.1 Å². The Morgan fingerprint density at radius 3 is 2.68 bits per heavy atom. The molecule has 0 aliphatic heterocycles. The van der Waals surface area contributed by atoms with Crippen LogP contribution in [0.5, 0.6) is 0 Å². The van der Waals surface area contributed by atoms with Gasteiger partial charge in [-0.15, -0.1) is 0 Å². The van der Waals surface area contributed by atoms with Crippen LogP contribution in [0.1, 0.15) is 44.2 Å². The molecule has 120 valence electrons. The maximum Gasteiger partial charge on any atom is 0.225 e. The van der Waals surface area contributed by atoms with Crippen molar-refractivity contribution in [2.45, 2.75) is 44.7 Å². The average molecular weight is 308 g/mol. The Morgan fingerprint density at radius 2 is 2.09 bits per heavy atom. The van der Waals surface area contributed by atoms with Gasteiger partial charge in [-0.05, 0) is 43.6 Å². The summed E-state index contributed by atoms with van der Waals surface area (Å²) in [6, 6.07) is 2.94. The van der Waals surface area contributed by atoms with E-state index in [2.05, 4.69) is 5.32 Å². The van der Waals surface area contributed by atoms with E-state index in [4.69, 9.17) is 5.73 Å². The van der Waals surface area contributed by atoms with Crippen LogP contribution >= 0.6 is 0 Å². The molecule has 1 aromatic carbocycles. The number of halogens is 2. The summed E-state index contributed by atoms with van der Waals surface area (Å²) in [6.07, 6.45) is 3.74. The summed E-state index contributed by atoms with van der Waals surface area (Å²) in [5, 5.41) is 2.92. The molecule has 2 saturated carbocycles. The fraction of sp³-hybridized carbons (Fsp3) is 0.588. The van der Waals surface area contributed by atoms with Crippen molar-refractivity contribution >= 4 is 5.91 Å². The van der Waals surface area contributed by atoms with Gasteiger partial charge >= 0.3 is 0 Å². The number of carbonyl (C=O) groups excluding carboxylic acids is 1. The van der Waals surface area contributed by atoms with Crippen molar-refractivity contribution in [2.24, 2.45) is 23.5 Å². The summed E-state index contributed by atoms with van der Waals surface area (Å²) < 4.78 is 27.0. The molecule has 5 atom stereocenters. The van der Waals surface area contributed by atoms with Crippen LogP contribution in [0, 0.1) is 29.4 Å². The van der Waals surface area contributed by atoms with Crippen LogP contribution in [0.4, 0.5) is 8.78 Å². The van der Waals surface area contributed by atoms with Gasteiger partial charge in [0.15, 0.2) is 0 Å². The van der Waals surface area contributed by atoms with Crippen LogP contribution in [0.3, 0.4) is 0 Å². The van der Waals surface area contributed by atoms with Crippen LogP contribution in [0.25, 0.3) is 0 Å². The highest BCUT2D eigenvalue weighted by molar-refractivity contribution is 5.81. The molecule has 3 N–H and O–H groups in total. The Bertz CT molecular complexity index is 576. The molecule has 2 aliphatic carbocycles. The molecule has 0 aromatic heterocycles. The number of hydrogen-bond donors (Lipinski definition) is 2. The summed E-state index contributed by atoms with van der Waals surface area (Å²) in [5.74, 6) is -0.688. The minimum Gasteiger partial charge on any atom is -0.349 e. The van der Waals surface area contributed by atoms with Gasteiger partial charge in [-0.3, -0.25) is 4.79 Å². The van der Waals surface area contributed by atoms with Crippen molar-refractivity contribution in [3.63, 3.8) is 0 Å². The molecule has 0 radical (unpaired) electrons. The molecule has 0 saturated heterocycles. The van der Waals surface area contributed by atoms with E-state index >= 15 is 0 Å². The number of hydrogen-bond acceptors (Lipinski definition) is 2. The molecule has 1 aromatic rings. The zero-order valence-electron chi connectivity index (χ0n) is 12.7. The highest BCUT2D eigenvalue weighted by Crippen LogP contribution is 2.47. The van der Waals surface area contributed by atoms with Crippen LogP contribution in [0.2, 0.25) is 0 Å². The van der Waals surface area contributed by atoms with E-state index in [9.17, 15) is 13.6 Å². The molecule has 2 aliphatic rings. The van der Waals surface area contributed by atoms with Gasteiger partial charge in [0.05, 0.1) is 12.0 Å². The molecule has 1 amide bonds. The lowest BCUT2D eigenvalue weighted by molar-refractivity contribution is -0.127. The maximum atomic E-state index is 13.9. The summed E-state index contributed by atoms with van der Waals surface area (Å²) in [7, 11) is 0. The van der Waals surface area contributed by atoms with Gasteiger partial charge in [0, 0.05) is 17.7 Å². The lowest BCUT2D eigenvalue weighted by atomic mass is 9.84. The quantitative estimate of drug-likeness (QED) is 0.898. The van der Waals surface area contributed by atoms with Crippen molar-refractivity contribution in [2.75, 3.05) is 0 Å². The molecule has 2 bridgehead atoms. The normalized spacial score (nSPS) is 31.3. The number of amides is 1. The zero-order chi connectivity index (χ0) is 15.9. The van der Waals surface area contributed by atoms with Crippen LogP contribution in [-0.4, -0.2) is 11.9 Å². The molecule has 3 rings (SSSR count). The predicted molar refractivity (Wildman–Crippen MR) is 79.8 cm³/mol. The highest BCUT2D eigenvalue weighted by Gasteiger charge is 2.49. The number of rotatable bonds is 4. The highest BCUT2D eigenvalue weighted by atomic mass is 19.1. The molecule has 2 fully saturated rings. The molecule has 3 nitrogen and oxygen atoms in total. The number of nitrogens with one attached hydrogen (secondary N) is 1. The minimum absolute atomic E-state index is 0.0877. The second-order valence-corrected chi connectivity index (χ2v) is 6.57. The average Bonchev–Trinajstić information content (AvgIpc) is 3.06. The first-order chi connectivity index (χ1) is 10.5. The maximum absolute atomic E-state index is 13.9. The molecule has 0 heterocycles. The van der Waals surface area contributed by atoms with E-state index in [-0.39, 0.29) is 17.9 Å².